The Morgan fingerprint density at radius 1 is 0.824 bits per heavy atom. The van der Waals surface area contributed by atoms with E-state index in [4.69, 9.17) is 0 Å². The predicted molar refractivity (Wildman–Crippen MR) is 74.4 cm³/mol. The van der Waals surface area contributed by atoms with Gasteiger partial charge in [0, 0.05) is 0 Å². The van der Waals surface area contributed by atoms with Crippen molar-refractivity contribution in [2.75, 3.05) is 0 Å². The fourth-order valence-electron chi connectivity index (χ4n) is 2.08. The van der Waals surface area contributed by atoms with E-state index in [9.17, 15) is 5.11 Å². The van der Waals surface area contributed by atoms with Crippen LogP contribution in [0.15, 0.2) is 18.2 Å². The van der Waals surface area contributed by atoms with Crippen LogP contribution in [0.3, 0.4) is 0 Å². The zero-order valence-corrected chi connectivity index (χ0v) is 12.0. The molecule has 1 nitrogen and oxygen atoms in total. The van der Waals surface area contributed by atoms with Crippen molar-refractivity contribution in [1.82, 2.24) is 0 Å². The molecular weight excluding hydrogens is 208 g/mol. The Morgan fingerprint density at radius 2 is 1.41 bits per heavy atom. The van der Waals surface area contributed by atoms with Gasteiger partial charge in [-0.15, -0.1) is 0 Å². The third kappa shape index (κ3) is 3.32. The minimum absolute atomic E-state index is 0.261. The number of hydrogen-bond acceptors (Lipinski definition) is 1. The molecule has 0 aliphatic rings. The molecule has 0 aliphatic carbocycles. The maximum Gasteiger partial charge on any atom is 0.0815 e. The highest BCUT2D eigenvalue weighted by Crippen LogP contribution is 2.31. The lowest BCUT2D eigenvalue weighted by molar-refractivity contribution is 0.125. The average molecular weight is 234 g/mol. The molecule has 0 fully saturated rings. The molecule has 0 radical (unpaired) electrons. The first-order chi connectivity index (χ1) is 7.84. The molecular formula is C16H26O. The smallest absolute Gasteiger partial charge is 0.0815 e. The number of aliphatic hydroxyl groups is 1. The van der Waals surface area contributed by atoms with Gasteiger partial charge < -0.3 is 5.11 Å². The van der Waals surface area contributed by atoms with Crippen molar-refractivity contribution < 1.29 is 5.11 Å². The van der Waals surface area contributed by atoms with Crippen molar-refractivity contribution in [3.8, 4) is 0 Å². The summed E-state index contributed by atoms with van der Waals surface area (Å²) in [5.41, 5.74) is 3.74. The van der Waals surface area contributed by atoms with E-state index >= 15 is 0 Å². The minimum Gasteiger partial charge on any atom is -0.388 e. The highest BCUT2D eigenvalue weighted by Gasteiger charge is 2.18. The molecule has 1 aromatic rings. The second kappa shape index (κ2) is 5.68. The lowest BCUT2D eigenvalue weighted by Crippen LogP contribution is -2.10. The molecule has 0 bridgehead atoms. The molecule has 0 saturated carbocycles. The van der Waals surface area contributed by atoms with E-state index in [0.717, 1.165) is 5.56 Å². The summed E-state index contributed by atoms with van der Waals surface area (Å²) in [5, 5.41) is 10.3. The quantitative estimate of drug-likeness (QED) is 0.805. The van der Waals surface area contributed by atoms with Crippen LogP contribution in [-0.2, 0) is 0 Å². The Labute approximate surface area is 106 Å². The van der Waals surface area contributed by atoms with Gasteiger partial charge in [0.25, 0.3) is 0 Å². The van der Waals surface area contributed by atoms with Crippen LogP contribution >= 0.6 is 0 Å². The zero-order valence-electron chi connectivity index (χ0n) is 12.0. The summed E-state index contributed by atoms with van der Waals surface area (Å²) < 4.78 is 0. The van der Waals surface area contributed by atoms with E-state index in [-0.39, 0.29) is 12.0 Å². The van der Waals surface area contributed by atoms with Crippen LogP contribution < -0.4 is 0 Å². The van der Waals surface area contributed by atoms with Crippen LogP contribution in [0.4, 0.5) is 0 Å². The normalized spacial score (nSPS) is 13.8. The van der Waals surface area contributed by atoms with E-state index in [1.807, 2.05) is 0 Å². The molecule has 1 rings (SSSR count). The number of rotatable bonds is 4. The summed E-state index contributed by atoms with van der Waals surface area (Å²) in [6.07, 6.45) is -0.353. The Bertz CT molecular complexity index is 364. The van der Waals surface area contributed by atoms with Gasteiger partial charge in [0.1, 0.15) is 0 Å². The maximum atomic E-state index is 10.3. The highest BCUT2D eigenvalue weighted by molar-refractivity contribution is 5.37. The Kier molecular flexibility index (Phi) is 4.76. The Hall–Kier alpha value is -0.820. The van der Waals surface area contributed by atoms with Gasteiger partial charge in [-0.3, -0.25) is 0 Å². The van der Waals surface area contributed by atoms with Gasteiger partial charge in [0.05, 0.1) is 6.10 Å². The van der Waals surface area contributed by atoms with E-state index in [1.54, 1.807) is 0 Å². The number of aliphatic hydroxyl groups excluding tert-OH is 1. The van der Waals surface area contributed by atoms with Crippen LogP contribution in [0.5, 0.6) is 0 Å². The van der Waals surface area contributed by atoms with Crippen LogP contribution in [-0.4, -0.2) is 5.11 Å². The second-order valence-electron chi connectivity index (χ2n) is 5.89. The van der Waals surface area contributed by atoms with E-state index < -0.39 is 0 Å². The number of hydrogen-bond donors (Lipinski definition) is 1. The predicted octanol–water partition coefficient (Wildman–Crippen LogP) is 4.62. The first kappa shape index (κ1) is 14.2. The van der Waals surface area contributed by atoms with Crippen molar-refractivity contribution >= 4 is 0 Å². The van der Waals surface area contributed by atoms with Gasteiger partial charge in [-0.25, -0.2) is 0 Å². The largest absolute Gasteiger partial charge is 0.388 e. The Morgan fingerprint density at radius 3 is 1.82 bits per heavy atom. The monoisotopic (exact) mass is 234 g/mol. The van der Waals surface area contributed by atoms with Crippen LogP contribution in [0, 0.1) is 5.92 Å². The molecule has 96 valence electrons. The molecule has 1 heteroatoms. The summed E-state index contributed by atoms with van der Waals surface area (Å²) in [6.45, 7) is 12.9. The standard InChI is InChI=1S/C16H26O/c1-10(2)13-7-8-14(16(17)12(5)6)15(9-13)11(3)4/h7-12,16-17H,1-6H3. The van der Waals surface area contributed by atoms with Gasteiger partial charge in [-0.1, -0.05) is 59.7 Å². The van der Waals surface area contributed by atoms with E-state index in [0.29, 0.717) is 11.8 Å². The molecule has 1 aromatic carbocycles. The van der Waals surface area contributed by atoms with Crippen molar-refractivity contribution in [1.29, 1.82) is 0 Å². The maximum absolute atomic E-state index is 10.3. The molecule has 0 aliphatic heterocycles. The third-order valence-corrected chi connectivity index (χ3v) is 3.35. The molecule has 0 saturated heterocycles. The van der Waals surface area contributed by atoms with Crippen LogP contribution in [0.25, 0.3) is 0 Å². The summed E-state index contributed by atoms with van der Waals surface area (Å²) in [5.74, 6) is 1.26. The van der Waals surface area contributed by atoms with E-state index in [1.165, 1.54) is 11.1 Å². The van der Waals surface area contributed by atoms with Gasteiger partial charge in [-0.2, -0.15) is 0 Å². The highest BCUT2D eigenvalue weighted by atomic mass is 16.3. The molecule has 1 N–H and O–H groups in total. The molecule has 0 heterocycles. The van der Waals surface area contributed by atoms with Gasteiger partial charge in [-0.05, 0) is 34.4 Å². The fraction of sp³-hybridized carbons (Fsp3) is 0.625. The van der Waals surface area contributed by atoms with Gasteiger partial charge >= 0.3 is 0 Å². The molecule has 1 atom stereocenters. The van der Waals surface area contributed by atoms with E-state index in [2.05, 4.69) is 59.7 Å². The molecule has 0 amide bonds. The summed E-state index contributed by atoms with van der Waals surface area (Å²) >= 11 is 0. The minimum atomic E-state index is -0.353. The summed E-state index contributed by atoms with van der Waals surface area (Å²) in [4.78, 5) is 0. The SMILES string of the molecule is CC(C)c1ccc(C(O)C(C)C)c(C(C)C)c1. The van der Waals surface area contributed by atoms with Crippen molar-refractivity contribution in [2.24, 2.45) is 5.92 Å². The summed E-state index contributed by atoms with van der Waals surface area (Å²) in [6, 6.07) is 6.52. The molecule has 0 aromatic heterocycles. The number of benzene rings is 1. The lowest BCUT2D eigenvalue weighted by Gasteiger charge is -2.22. The second-order valence-corrected chi connectivity index (χ2v) is 5.89. The zero-order chi connectivity index (χ0) is 13.2. The van der Waals surface area contributed by atoms with Crippen molar-refractivity contribution in [3.63, 3.8) is 0 Å². The topological polar surface area (TPSA) is 20.2 Å². The van der Waals surface area contributed by atoms with Crippen LogP contribution in [0.2, 0.25) is 0 Å². The molecule has 1 unspecified atom stereocenters. The molecule has 17 heavy (non-hydrogen) atoms. The molecule has 0 spiro atoms. The Balaban J connectivity index is 3.22. The third-order valence-electron chi connectivity index (χ3n) is 3.35. The first-order valence-electron chi connectivity index (χ1n) is 6.66. The van der Waals surface area contributed by atoms with Gasteiger partial charge in [0.15, 0.2) is 0 Å². The average Bonchev–Trinajstić information content (AvgIpc) is 2.26. The lowest BCUT2D eigenvalue weighted by atomic mass is 9.86. The first-order valence-corrected chi connectivity index (χ1v) is 6.66. The summed E-state index contributed by atoms with van der Waals surface area (Å²) in [7, 11) is 0. The van der Waals surface area contributed by atoms with Crippen molar-refractivity contribution in [2.45, 2.75) is 59.5 Å². The van der Waals surface area contributed by atoms with Gasteiger partial charge in [0.2, 0.25) is 0 Å². The van der Waals surface area contributed by atoms with Crippen LogP contribution in [0.1, 0.15) is 76.2 Å². The van der Waals surface area contributed by atoms with Crippen molar-refractivity contribution in [3.05, 3.63) is 34.9 Å². The fourth-order valence-corrected chi connectivity index (χ4v) is 2.08.